The van der Waals surface area contributed by atoms with E-state index < -0.39 is 94.6 Å². The van der Waals surface area contributed by atoms with Crippen LogP contribution in [0.5, 0.6) is 0 Å². The Morgan fingerprint density at radius 2 is 1.76 bits per heavy atom. The highest BCUT2D eigenvalue weighted by Gasteiger charge is 2.54. The number of hydrogen-bond acceptors (Lipinski definition) is 13. The minimum atomic E-state index is -4.85. The van der Waals surface area contributed by atoms with E-state index in [2.05, 4.69) is 36.0 Å². The lowest BCUT2D eigenvalue weighted by molar-refractivity contribution is -0.323. The largest absolute Gasteiger partial charge is 0.418 e. The summed E-state index contributed by atoms with van der Waals surface area (Å²) in [5.74, 6) is -3.88. The normalized spacial score (nSPS) is 22.3. The Morgan fingerprint density at radius 3 is 2.50 bits per heavy atom. The summed E-state index contributed by atoms with van der Waals surface area (Å²) in [5, 5.41) is 17.5. The van der Waals surface area contributed by atoms with E-state index in [-0.39, 0.29) is 72.1 Å². The molecular weight excluding hydrogens is 1070 g/mol. The van der Waals surface area contributed by atoms with Gasteiger partial charge < -0.3 is 29.2 Å². The van der Waals surface area contributed by atoms with E-state index in [4.69, 9.17) is 42.1 Å². The number of fused-ring (bicyclic) bond motifs is 2. The van der Waals surface area contributed by atoms with Crippen LogP contribution in [0.3, 0.4) is 0 Å². The first-order chi connectivity index (χ1) is 37.5. The molecule has 7 heterocycles. The van der Waals surface area contributed by atoms with Gasteiger partial charge in [-0.3, -0.25) is 29.5 Å². The van der Waals surface area contributed by atoms with Gasteiger partial charge in [0.05, 0.1) is 24.1 Å². The van der Waals surface area contributed by atoms with Gasteiger partial charge in [-0.2, -0.15) is 18.3 Å². The quantitative estimate of drug-likeness (QED) is 0.0480. The number of ether oxygens (including phenoxy) is 4. The number of anilines is 1. The van der Waals surface area contributed by atoms with Crippen LogP contribution in [0.25, 0.3) is 16.9 Å². The number of imide groups is 1. The molecule has 4 aromatic carbocycles. The number of amides is 4. The Labute approximate surface area is 449 Å². The van der Waals surface area contributed by atoms with Gasteiger partial charge in [0.1, 0.15) is 70.4 Å². The van der Waals surface area contributed by atoms with Crippen LogP contribution in [0.2, 0.25) is 10.0 Å². The lowest BCUT2D eigenvalue weighted by atomic mass is 9.90. The number of rotatable bonds is 13. The summed E-state index contributed by atoms with van der Waals surface area (Å²) in [6.07, 6.45) is -6.28. The molecule has 4 amide bonds. The number of aromatic nitrogens is 7. The molecule has 7 aromatic rings. The van der Waals surface area contributed by atoms with Gasteiger partial charge in [0, 0.05) is 53.2 Å². The van der Waals surface area contributed by atoms with Gasteiger partial charge >= 0.3 is 6.18 Å². The zero-order valence-corrected chi connectivity index (χ0v) is 42.3. The van der Waals surface area contributed by atoms with Crippen LogP contribution in [0, 0.1) is 18.6 Å². The average Bonchev–Trinajstić information content (AvgIpc) is 4.34. The summed E-state index contributed by atoms with van der Waals surface area (Å²) in [7, 11) is 0. The van der Waals surface area contributed by atoms with Crippen molar-refractivity contribution in [3.05, 3.63) is 170 Å². The fraction of sp³-hybridized carbons (Fsp3) is 0.302. The third kappa shape index (κ3) is 10.5. The second-order valence-corrected chi connectivity index (χ2v) is 19.7. The number of nitrogens with one attached hydrogen (secondary N) is 2. The number of benzene rings is 4. The predicted molar refractivity (Wildman–Crippen MR) is 266 cm³/mol. The van der Waals surface area contributed by atoms with Gasteiger partial charge in [0.15, 0.2) is 12.1 Å². The molecule has 3 fully saturated rings. The van der Waals surface area contributed by atoms with Crippen molar-refractivity contribution in [1.29, 1.82) is 0 Å². The summed E-state index contributed by atoms with van der Waals surface area (Å²) in [6, 6.07) is 20.3. The SMILES string of the molecule is Cc1nc([C@@H]2O[C@@H]3COC(c4ccccc4)O[C@@H]3[C@H](n3cc(-c4cc(F)c(Cl)c(F)c4)nn3)[C@H]2OCCCc2ccc(C(=O)Nc3ccc4c(c3)CN(C3CCC(=O)NC3=O)C4=O)nc2)n(-c2cc(Cl)ccc2C(F)(F)F)n1. The number of aryl methyl sites for hydroxylation is 2. The standard InChI is InChI=1S/C53H43Cl2F5N10O8/c1-26-62-48(70(66-26)40-21-31(54)10-13-34(40)53(58,59)60)47-46(44(45-41(77-47)25-76-52(78-45)28-7-3-2-4-8-28)69-24-38(65-67-69)29-19-35(56)43(55)36(57)20-29)75-17-5-6-27-9-14-37(61-22-27)49(72)63-32-11-12-33-30(18-32)23-68(51(33)74)39-15-16-42(71)64-50(39)73/h2-4,7-14,18-22,24,39,41,44-47,52H,5-6,15-17,23,25H2,1H3,(H,63,72)(H,64,71,73)/t39?,41-,44+,45+,46-,47-,52?/m1/s1. The molecule has 0 aliphatic carbocycles. The van der Waals surface area contributed by atoms with Crippen LogP contribution < -0.4 is 10.6 Å². The molecule has 4 aliphatic heterocycles. The van der Waals surface area contributed by atoms with E-state index >= 15 is 0 Å². The van der Waals surface area contributed by atoms with E-state index in [9.17, 15) is 41.1 Å². The molecule has 18 nitrogen and oxygen atoms in total. The molecule has 0 spiro atoms. The molecule has 4 aliphatic rings. The van der Waals surface area contributed by atoms with Crippen LogP contribution in [0.15, 0.2) is 103 Å². The van der Waals surface area contributed by atoms with Crippen LogP contribution in [0.4, 0.5) is 27.6 Å². The monoisotopic (exact) mass is 1110 g/mol. The Bertz CT molecular complexity index is 3450. The Balaban J connectivity index is 0.866. The van der Waals surface area contributed by atoms with E-state index in [0.717, 1.165) is 35.0 Å². The maximum atomic E-state index is 14.8. The zero-order valence-electron chi connectivity index (χ0n) is 40.8. The first kappa shape index (κ1) is 52.5. The third-order valence-electron chi connectivity index (χ3n) is 13.8. The topological polar surface area (TPSA) is 207 Å². The van der Waals surface area contributed by atoms with Gasteiger partial charge in [0.2, 0.25) is 11.8 Å². The van der Waals surface area contributed by atoms with Gasteiger partial charge in [-0.25, -0.2) is 23.1 Å². The fourth-order valence-corrected chi connectivity index (χ4v) is 10.4. The van der Waals surface area contributed by atoms with E-state index in [1.54, 1.807) is 54.6 Å². The first-order valence-electron chi connectivity index (χ1n) is 24.5. The molecule has 0 bridgehead atoms. The minimum absolute atomic E-state index is 0.00228. The van der Waals surface area contributed by atoms with Crippen molar-refractivity contribution < 1.29 is 60.1 Å². The van der Waals surface area contributed by atoms with Crippen molar-refractivity contribution in [2.75, 3.05) is 18.5 Å². The molecule has 0 saturated carbocycles. The Hall–Kier alpha value is -7.54. The average molecular weight is 1110 g/mol. The number of carbonyl (C=O) groups is 4. The zero-order chi connectivity index (χ0) is 54.6. The third-order valence-corrected chi connectivity index (χ3v) is 14.4. The summed E-state index contributed by atoms with van der Waals surface area (Å²) in [5.41, 5.74) is 1.39. The number of alkyl halides is 3. The molecule has 11 rings (SSSR count). The summed E-state index contributed by atoms with van der Waals surface area (Å²) in [4.78, 5) is 61.3. The van der Waals surface area contributed by atoms with Crippen LogP contribution >= 0.6 is 23.2 Å². The van der Waals surface area contributed by atoms with Crippen molar-refractivity contribution in [2.45, 2.75) is 88.1 Å². The molecule has 2 unspecified atom stereocenters. The maximum absolute atomic E-state index is 14.8. The fourth-order valence-electron chi connectivity index (χ4n) is 10.1. The predicted octanol–water partition coefficient (Wildman–Crippen LogP) is 8.66. The highest BCUT2D eigenvalue weighted by atomic mass is 35.5. The van der Waals surface area contributed by atoms with Crippen LogP contribution in [-0.4, -0.2) is 101 Å². The number of halogens is 7. The van der Waals surface area contributed by atoms with Crippen molar-refractivity contribution in [3.8, 4) is 16.9 Å². The Kier molecular flexibility index (Phi) is 14.4. The van der Waals surface area contributed by atoms with Crippen molar-refractivity contribution >= 4 is 52.5 Å². The first-order valence-corrected chi connectivity index (χ1v) is 25.2. The number of pyridine rings is 1. The van der Waals surface area contributed by atoms with Gasteiger partial charge in [-0.1, -0.05) is 64.8 Å². The smallest absolute Gasteiger partial charge is 0.373 e. The number of piperidine rings is 1. The second-order valence-electron chi connectivity index (χ2n) is 18.9. The summed E-state index contributed by atoms with van der Waals surface area (Å²) < 4.78 is 103. The van der Waals surface area contributed by atoms with E-state index in [1.165, 1.54) is 28.9 Å². The molecule has 78 heavy (non-hydrogen) atoms. The van der Waals surface area contributed by atoms with Gasteiger partial charge in [0.25, 0.3) is 11.8 Å². The molecule has 402 valence electrons. The molecule has 7 atom stereocenters. The molecular formula is C53H43Cl2F5N10O8. The molecule has 2 N–H and O–H groups in total. The summed E-state index contributed by atoms with van der Waals surface area (Å²) >= 11 is 12.1. The van der Waals surface area contributed by atoms with Gasteiger partial charge in [-0.05, 0) is 91.9 Å². The molecule has 3 aromatic heterocycles. The van der Waals surface area contributed by atoms with E-state index in [0.29, 0.717) is 40.8 Å². The minimum Gasteiger partial charge on any atom is -0.373 e. The van der Waals surface area contributed by atoms with Crippen LogP contribution in [-0.2, 0) is 47.7 Å². The number of carbonyl (C=O) groups excluding carboxylic acids is 4. The number of hydrogen-bond donors (Lipinski definition) is 2. The molecule has 3 saturated heterocycles. The second kappa shape index (κ2) is 21.4. The maximum Gasteiger partial charge on any atom is 0.418 e. The van der Waals surface area contributed by atoms with E-state index in [1.807, 2.05) is 6.07 Å². The lowest BCUT2D eigenvalue weighted by Gasteiger charge is -2.49. The number of nitrogens with zero attached hydrogens (tertiary/aromatic N) is 8. The lowest BCUT2D eigenvalue weighted by Crippen LogP contribution is -2.57. The summed E-state index contributed by atoms with van der Waals surface area (Å²) in [6.45, 7) is 1.52. The van der Waals surface area contributed by atoms with Crippen LogP contribution in [0.1, 0.15) is 92.4 Å². The van der Waals surface area contributed by atoms with Crippen molar-refractivity contribution in [3.63, 3.8) is 0 Å². The van der Waals surface area contributed by atoms with Gasteiger partial charge in [-0.15, -0.1) is 5.10 Å². The Morgan fingerprint density at radius 1 is 0.962 bits per heavy atom. The molecule has 0 radical (unpaired) electrons. The highest BCUT2D eigenvalue weighted by Crippen LogP contribution is 2.47. The molecule has 25 heteroatoms. The highest BCUT2D eigenvalue weighted by molar-refractivity contribution is 6.31. The van der Waals surface area contributed by atoms with Crippen molar-refractivity contribution in [1.82, 2.24) is 45.0 Å². The van der Waals surface area contributed by atoms with Crippen molar-refractivity contribution in [2.24, 2.45) is 0 Å².